The first-order valence-corrected chi connectivity index (χ1v) is 6.68. The van der Waals surface area contributed by atoms with Gasteiger partial charge in [-0.15, -0.1) is 0 Å². The summed E-state index contributed by atoms with van der Waals surface area (Å²) in [6, 6.07) is 14.1. The summed E-state index contributed by atoms with van der Waals surface area (Å²) in [5, 5.41) is 9.08. The summed E-state index contributed by atoms with van der Waals surface area (Å²) in [5.74, 6) is 0.418. The highest BCUT2D eigenvalue weighted by atomic mass is 16.1. The highest BCUT2D eigenvalue weighted by Gasteiger charge is 2.10. The van der Waals surface area contributed by atoms with Crippen LogP contribution in [0.4, 0.5) is 11.5 Å². The van der Waals surface area contributed by atoms with Gasteiger partial charge in [-0.3, -0.25) is 9.48 Å². The van der Waals surface area contributed by atoms with Gasteiger partial charge in [0.05, 0.1) is 18.3 Å². The van der Waals surface area contributed by atoms with Crippen molar-refractivity contribution in [1.29, 1.82) is 0 Å². The minimum atomic E-state index is -0.111. The predicted molar refractivity (Wildman–Crippen MR) is 83.9 cm³/mol. The first-order chi connectivity index (χ1) is 10.1. The minimum absolute atomic E-state index is 0.111. The van der Waals surface area contributed by atoms with E-state index in [1.54, 1.807) is 11.7 Å². The quantitative estimate of drug-likeness (QED) is 0.773. The molecule has 0 spiro atoms. The molecule has 0 fully saturated rings. The standard InChI is InChI=1S/C16H16N4O/c1-20-16(14(17)10-18-20)19-15(21)9-11-6-7-12-4-2-3-5-13(12)8-11/h2-8,10H,9,17H2,1H3,(H,19,21). The van der Waals surface area contributed by atoms with Crippen LogP contribution in [-0.2, 0) is 18.3 Å². The van der Waals surface area contributed by atoms with E-state index in [0.717, 1.165) is 16.3 Å². The second-order valence-corrected chi connectivity index (χ2v) is 4.98. The van der Waals surface area contributed by atoms with E-state index in [2.05, 4.69) is 16.5 Å². The summed E-state index contributed by atoms with van der Waals surface area (Å²) in [6.45, 7) is 0. The number of nitrogens with zero attached hydrogens (tertiary/aromatic N) is 2. The van der Waals surface area contributed by atoms with Gasteiger partial charge in [-0.1, -0.05) is 42.5 Å². The molecule has 5 heteroatoms. The van der Waals surface area contributed by atoms with Gasteiger partial charge < -0.3 is 11.1 Å². The number of carbonyl (C=O) groups is 1. The summed E-state index contributed by atoms with van der Waals surface area (Å²) in [6.07, 6.45) is 1.82. The number of hydrogen-bond donors (Lipinski definition) is 2. The Hall–Kier alpha value is -2.82. The lowest BCUT2D eigenvalue weighted by atomic mass is 10.0. The maximum Gasteiger partial charge on any atom is 0.229 e. The molecule has 0 atom stereocenters. The van der Waals surface area contributed by atoms with E-state index in [0.29, 0.717) is 17.9 Å². The number of amides is 1. The second-order valence-electron chi connectivity index (χ2n) is 4.98. The Morgan fingerprint density at radius 2 is 2.00 bits per heavy atom. The number of hydrogen-bond acceptors (Lipinski definition) is 3. The number of nitrogen functional groups attached to an aromatic ring is 1. The Bertz CT molecular complexity index is 787. The lowest BCUT2D eigenvalue weighted by Gasteiger charge is -2.07. The van der Waals surface area contributed by atoms with E-state index in [4.69, 9.17) is 5.73 Å². The van der Waals surface area contributed by atoms with Crippen LogP contribution in [0.3, 0.4) is 0 Å². The smallest absolute Gasteiger partial charge is 0.229 e. The normalized spacial score (nSPS) is 10.7. The molecular weight excluding hydrogens is 264 g/mol. The van der Waals surface area contributed by atoms with Gasteiger partial charge in [0.2, 0.25) is 5.91 Å². The van der Waals surface area contributed by atoms with Gasteiger partial charge in [0.1, 0.15) is 0 Å². The number of rotatable bonds is 3. The summed E-state index contributed by atoms with van der Waals surface area (Å²) in [4.78, 5) is 12.1. The fraction of sp³-hybridized carbons (Fsp3) is 0.125. The molecule has 0 saturated carbocycles. The average Bonchev–Trinajstić information content (AvgIpc) is 2.79. The monoisotopic (exact) mass is 280 g/mol. The SMILES string of the molecule is Cn1ncc(N)c1NC(=O)Cc1ccc2ccccc2c1. The number of aromatic nitrogens is 2. The fourth-order valence-corrected chi connectivity index (χ4v) is 2.32. The Labute approximate surface area is 122 Å². The summed E-state index contributed by atoms with van der Waals surface area (Å²) < 4.78 is 1.55. The van der Waals surface area contributed by atoms with E-state index in [-0.39, 0.29) is 5.91 Å². The largest absolute Gasteiger partial charge is 0.394 e. The predicted octanol–water partition coefficient (Wildman–Crippen LogP) is 2.34. The molecule has 0 saturated heterocycles. The van der Waals surface area contributed by atoms with Crippen LogP contribution < -0.4 is 11.1 Å². The van der Waals surface area contributed by atoms with Crippen molar-refractivity contribution in [2.45, 2.75) is 6.42 Å². The maximum absolute atomic E-state index is 12.1. The summed E-state index contributed by atoms with van der Waals surface area (Å²) in [5.41, 5.74) is 7.19. The topological polar surface area (TPSA) is 72.9 Å². The summed E-state index contributed by atoms with van der Waals surface area (Å²) >= 11 is 0. The van der Waals surface area contributed by atoms with Crippen molar-refractivity contribution in [3.05, 3.63) is 54.2 Å². The molecule has 21 heavy (non-hydrogen) atoms. The third kappa shape index (κ3) is 2.72. The summed E-state index contributed by atoms with van der Waals surface area (Å²) in [7, 11) is 1.74. The molecule has 0 unspecified atom stereocenters. The maximum atomic E-state index is 12.1. The van der Waals surface area contributed by atoms with Crippen molar-refractivity contribution < 1.29 is 4.79 Å². The fourth-order valence-electron chi connectivity index (χ4n) is 2.32. The highest BCUT2D eigenvalue weighted by Crippen LogP contribution is 2.18. The molecule has 1 aromatic heterocycles. The van der Waals surface area contributed by atoms with Crippen LogP contribution in [0.25, 0.3) is 10.8 Å². The van der Waals surface area contributed by atoms with Crippen molar-refractivity contribution in [3.63, 3.8) is 0 Å². The number of fused-ring (bicyclic) bond motifs is 1. The van der Waals surface area contributed by atoms with Gasteiger partial charge in [0.25, 0.3) is 0 Å². The molecule has 0 radical (unpaired) electrons. The van der Waals surface area contributed by atoms with Crippen LogP contribution >= 0.6 is 0 Å². The van der Waals surface area contributed by atoms with Crippen molar-refractivity contribution in [2.75, 3.05) is 11.1 Å². The molecular formula is C16H16N4O. The molecule has 2 aromatic carbocycles. The van der Waals surface area contributed by atoms with Gasteiger partial charge >= 0.3 is 0 Å². The number of carbonyl (C=O) groups excluding carboxylic acids is 1. The third-order valence-electron chi connectivity index (χ3n) is 3.40. The van der Waals surface area contributed by atoms with Crippen LogP contribution in [0.5, 0.6) is 0 Å². The second kappa shape index (κ2) is 5.28. The van der Waals surface area contributed by atoms with E-state index >= 15 is 0 Å². The molecule has 106 valence electrons. The van der Waals surface area contributed by atoms with Crippen molar-refractivity contribution >= 4 is 28.2 Å². The molecule has 0 aliphatic carbocycles. The van der Waals surface area contributed by atoms with E-state index in [1.807, 2.05) is 36.4 Å². The van der Waals surface area contributed by atoms with Gasteiger partial charge in [-0.25, -0.2) is 0 Å². The lowest BCUT2D eigenvalue weighted by molar-refractivity contribution is -0.115. The first kappa shape index (κ1) is 13.2. The number of nitrogens with one attached hydrogen (secondary N) is 1. The van der Waals surface area contributed by atoms with Crippen LogP contribution in [0.15, 0.2) is 48.7 Å². The Kier molecular flexibility index (Phi) is 3.31. The van der Waals surface area contributed by atoms with Gasteiger partial charge in [0, 0.05) is 7.05 Å². The van der Waals surface area contributed by atoms with Crippen molar-refractivity contribution in [2.24, 2.45) is 7.05 Å². The molecule has 0 aliphatic heterocycles. The number of benzene rings is 2. The first-order valence-electron chi connectivity index (χ1n) is 6.68. The molecule has 5 nitrogen and oxygen atoms in total. The van der Waals surface area contributed by atoms with Crippen LogP contribution in [0.1, 0.15) is 5.56 Å². The van der Waals surface area contributed by atoms with E-state index < -0.39 is 0 Å². The van der Waals surface area contributed by atoms with Gasteiger partial charge in [-0.05, 0) is 16.3 Å². The zero-order valence-corrected chi connectivity index (χ0v) is 11.7. The van der Waals surface area contributed by atoms with Crippen LogP contribution in [0.2, 0.25) is 0 Å². The molecule has 3 aromatic rings. The van der Waals surface area contributed by atoms with Crippen LogP contribution in [-0.4, -0.2) is 15.7 Å². The van der Waals surface area contributed by atoms with E-state index in [9.17, 15) is 4.79 Å². The molecule has 1 amide bonds. The number of anilines is 2. The third-order valence-corrected chi connectivity index (χ3v) is 3.40. The van der Waals surface area contributed by atoms with Crippen molar-refractivity contribution in [3.8, 4) is 0 Å². The minimum Gasteiger partial charge on any atom is -0.394 e. The molecule has 1 heterocycles. The molecule has 3 N–H and O–H groups in total. The average molecular weight is 280 g/mol. The number of aryl methyl sites for hydroxylation is 1. The highest BCUT2D eigenvalue weighted by molar-refractivity contribution is 5.94. The van der Waals surface area contributed by atoms with Gasteiger partial charge in [0.15, 0.2) is 5.82 Å². The van der Waals surface area contributed by atoms with Gasteiger partial charge in [-0.2, -0.15) is 5.10 Å². The Balaban J connectivity index is 1.77. The Morgan fingerprint density at radius 1 is 1.24 bits per heavy atom. The lowest BCUT2D eigenvalue weighted by Crippen LogP contribution is -2.17. The van der Waals surface area contributed by atoms with Crippen LogP contribution in [0, 0.1) is 0 Å². The number of nitrogens with two attached hydrogens (primary N) is 1. The zero-order chi connectivity index (χ0) is 14.8. The van der Waals surface area contributed by atoms with E-state index in [1.165, 1.54) is 6.20 Å². The Morgan fingerprint density at radius 3 is 2.71 bits per heavy atom. The van der Waals surface area contributed by atoms with Crippen molar-refractivity contribution in [1.82, 2.24) is 9.78 Å². The molecule has 0 aliphatic rings. The zero-order valence-electron chi connectivity index (χ0n) is 11.7. The molecule has 3 rings (SSSR count). The molecule has 0 bridgehead atoms.